The third-order valence-electron chi connectivity index (χ3n) is 4.99. The molecule has 0 amide bonds. The monoisotopic (exact) mass is 351 g/mol. The Morgan fingerprint density at radius 2 is 2.05 bits per heavy atom. The smallest absolute Gasteiger partial charge is 0.187 e. The number of fused-ring (bicyclic) bond motifs is 1. The van der Waals surface area contributed by atoms with E-state index in [0.29, 0.717) is 12.6 Å². The molecule has 3 rings (SSSR count). The molecule has 1 saturated heterocycles. The SMILES string of the molecule is Cc1c(Br)cc2c(c1C)OC[C@@H](N1CCCC[C@@H]1C)C2=O. The van der Waals surface area contributed by atoms with Crippen LogP contribution in [0.2, 0.25) is 0 Å². The van der Waals surface area contributed by atoms with Gasteiger partial charge in [-0.1, -0.05) is 22.4 Å². The number of halogens is 1. The Hall–Kier alpha value is -0.870. The first-order chi connectivity index (χ1) is 10.0. The number of rotatable bonds is 1. The molecule has 2 aliphatic rings. The van der Waals surface area contributed by atoms with E-state index in [0.717, 1.165) is 33.5 Å². The van der Waals surface area contributed by atoms with Gasteiger partial charge in [-0.25, -0.2) is 0 Å². The van der Waals surface area contributed by atoms with Crippen LogP contribution in [0.4, 0.5) is 0 Å². The van der Waals surface area contributed by atoms with Crippen LogP contribution in [0, 0.1) is 13.8 Å². The number of hydrogen-bond donors (Lipinski definition) is 0. The number of ketones is 1. The summed E-state index contributed by atoms with van der Waals surface area (Å²) in [7, 11) is 0. The van der Waals surface area contributed by atoms with Crippen LogP contribution in [0.1, 0.15) is 47.7 Å². The summed E-state index contributed by atoms with van der Waals surface area (Å²) in [6, 6.07) is 2.27. The number of hydrogen-bond acceptors (Lipinski definition) is 3. The molecule has 2 heterocycles. The maximum absolute atomic E-state index is 12.9. The minimum absolute atomic E-state index is 0.123. The van der Waals surface area contributed by atoms with Gasteiger partial charge in [-0.15, -0.1) is 0 Å². The van der Waals surface area contributed by atoms with Crippen LogP contribution in [-0.2, 0) is 0 Å². The van der Waals surface area contributed by atoms with Crippen LogP contribution < -0.4 is 4.74 Å². The minimum Gasteiger partial charge on any atom is -0.490 e. The molecule has 0 saturated carbocycles. The lowest BCUT2D eigenvalue weighted by Crippen LogP contribution is -2.53. The van der Waals surface area contributed by atoms with Crippen LogP contribution in [0.3, 0.4) is 0 Å². The van der Waals surface area contributed by atoms with E-state index in [-0.39, 0.29) is 11.8 Å². The van der Waals surface area contributed by atoms with E-state index in [4.69, 9.17) is 4.74 Å². The van der Waals surface area contributed by atoms with Crippen molar-refractivity contribution in [3.8, 4) is 5.75 Å². The van der Waals surface area contributed by atoms with Gasteiger partial charge in [0.1, 0.15) is 18.4 Å². The number of carbonyl (C=O) groups excluding carboxylic acids is 1. The number of ether oxygens (including phenoxy) is 1. The minimum atomic E-state index is -0.123. The van der Waals surface area contributed by atoms with Gasteiger partial charge < -0.3 is 4.74 Å². The molecule has 0 N–H and O–H groups in total. The molecule has 4 heteroatoms. The zero-order valence-electron chi connectivity index (χ0n) is 12.9. The van der Waals surface area contributed by atoms with Crippen LogP contribution in [0.25, 0.3) is 0 Å². The van der Waals surface area contributed by atoms with Crippen molar-refractivity contribution in [2.24, 2.45) is 0 Å². The summed E-state index contributed by atoms with van der Waals surface area (Å²) in [6.07, 6.45) is 3.62. The lowest BCUT2D eigenvalue weighted by molar-refractivity contribution is 0.0468. The average Bonchev–Trinajstić information content (AvgIpc) is 2.47. The molecule has 0 radical (unpaired) electrons. The van der Waals surface area contributed by atoms with E-state index in [1.807, 2.05) is 19.9 Å². The molecule has 2 aliphatic heterocycles. The predicted octanol–water partition coefficient (Wildman–Crippen LogP) is 3.88. The van der Waals surface area contributed by atoms with E-state index in [9.17, 15) is 4.79 Å². The van der Waals surface area contributed by atoms with Crippen molar-refractivity contribution in [1.82, 2.24) is 4.90 Å². The Kier molecular flexibility index (Phi) is 4.10. The molecule has 0 unspecified atom stereocenters. The molecule has 1 fully saturated rings. The van der Waals surface area contributed by atoms with E-state index in [2.05, 4.69) is 27.8 Å². The predicted molar refractivity (Wildman–Crippen MR) is 87.2 cm³/mol. The highest BCUT2D eigenvalue weighted by molar-refractivity contribution is 9.10. The highest BCUT2D eigenvalue weighted by Gasteiger charge is 2.37. The van der Waals surface area contributed by atoms with Crippen molar-refractivity contribution in [2.75, 3.05) is 13.2 Å². The van der Waals surface area contributed by atoms with Gasteiger partial charge in [0.05, 0.1) is 5.56 Å². The lowest BCUT2D eigenvalue weighted by Gasteiger charge is -2.40. The lowest BCUT2D eigenvalue weighted by atomic mass is 9.92. The first-order valence-corrected chi connectivity index (χ1v) is 8.52. The second-order valence-electron chi connectivity index (χ2n) is 6.26. The fourth-order valence-corrected chi connectivity index (χ4v) is 3.99. The van der Waals surface area contributed by atoms with Crippen molar-refractivity contribution in [3.63, 3.8) is 0 Å². The number of carbonyl (C=O) groups is 1. The van der Waals surface area contributed by atoms with Crippen LogP contribution in [0.5, 0.6) is 5.75 Å². The highest BCUT2D eigenvalue weighted by atomic mass is 79.9. The Labute approximate surface area is 134 Å². The zero-order chi connectivity index (χ0) is 15.1. The summed E-state index contributed by atoms with van der Waals surface area (Å²) in [6.45, 7) is 7.78. The fourth-order valence-electron chi connectivity index (χ4n) is 3.47. The number of benzene rings is 1. The quantitative estimate of drug-likeness (QED) is 0.768. The van der Waals surface area contributed by atoms with Gasteiger partial charge in [-0.2, -0.15) is 0 Å². The third kappa shape index (κ3) is 2.53. The fraction of sp³-hybridized carbons (Fsp3) is 0.588. The summed E-state index contributed by atoms with van der Waals surface area (Å²) in [5.41, 5.74) is 2.95. The molecule has 0 bridgehead atoms. The summed E-state index contributed by atoms with van der Waals surface area (Å²) in [5.74, 6) is 0.996. The largest absolute Gasteiger partial charge is 0.490 e. The molecule has 21 heavy (non-hydrogen) atoms. The summed E-state index contributed by atoms with van der Waals surface area (Å²) < 4.78 is 6.98. The standard InChI is InChI=1S/C17H22BrNO2/c1-10-6-4-5-7-19(10)15-9-21-17-12(3)11(2)14(18)8-13(17)16(15)20/h8,10,15H,4-7,9H2,1-3H3/t10-,15+/m0/s1. The van der Waals surface area contributed by atoms with Crippen molar-refractivity contribution < 1.29 is 9.53 Å². The Morgan fingerprint density at radius 1 is 1.29 bits per heavy atom. The molecule has 0 aliphatic carbocycles. The van der Waals surface area contributed by atoms with Crippen LogP contribution in [0.15, 0.2) is 10.5 Å². The first kappa shape index (κ1) is 15.0. The van der Waals surface area contributed by atoms with Crippen molar-refractivity contribution in [3.05, 3.63) is 27.2 Å². The topological polar surface area (TPSA) is 29.5 Å². The van der Waals surface area contributed by atoms with E-state index in [1.54, 1.807) is 0 Å². The molecule has 2 atom stereocenters. The van der Waals surface area contributed by atoms with Gasteiger partial charge >= 0.3 is 0 Å². The molecule has 1 aromatic rings. The van der Waals surface area contributed by atoms with E-state index < -0.39 is 0 Å². The Bertz CT molecular complexity index is 585. The average molecular weight is 352 g/mol. The van der Waals surface area contributed by atoms with Crippen molar-refractivity contribution in [1.29, 1.82) is 0 Å². The molecule has 114 valence electrons. The molecule has 0 spiro atoms. The number of piperidine rings is 1. The summed E-state index contributed by atoms with van der Waals surface area (Å²) in [4.78, 5) is 15.3. The van der Waals surface area contributed by atoms with Gasteiger partial charge in [0.2, 0.25) is 0 Å². The molecule has 0 aromatic heterocycles. The van der Waals surface area contributed by atoms with Gasteiger partial charge in [0, 0.05) is 10.5 Å². The number of Topliss-reactive ketones (excluding diaryl/α,β-unsaturated/α-hetero) is 1. The van der Waals surface area contributed by atoms with E-state index >= 15 is 0 Å². The normalized spacial score (nSPS) is 26.4. The van der Waals surface area contributed by atoms with Gasteiger partial charge in [0.15, 0.2) is 5.78 Å². The third-order valence-corrected chi connectivity index (χ3v) is 5.81. The maximum Gasteiger partial charge on any atom is 0.187 e. The first-order valence-electron chi connectivity index (χ1n) is 7.73. The summed E-state index contributed by atoms with van der Waals surface area (Å²) in [5, 5.41) is 0. The van der Waals surface area contributed by atoms with Crippen molar-refractivity contribution in [2.45, 2.75) is 52.1 Å². The van der Waals surface area contributed by atoms with Gasteiger partial charge in [0.25, 0.3) is 0 Å². The van der Waals surface area contributed by atoms with Crippen LogP contribution >= 0.6 is 15.9 Å². The molecular formula is C17H22BrNO2. The Balaban J connectivity index is 1.95. The van der Waals surface area contributed by atoms with Gasteiger partial charge in [-0.3, -0.25) is 9.69 Å². The van der Waals surface area contributed by atoms with Crippen LogP contribution in [-0.4, -0.2) is 35.9 Å². The molecule has 3 nitrogen and oxygen atoms in total. The second kappa shape index (κ2) is 5.73. The molecular weight excluding hydrogens is 330 g/mol. The Morgan fingerprint density at radius 3 is 2.76 bits per heavy atom. The molecule has 1 aromatic carbocycles. The van der Waals surface area contributed by atoms with Crippen molar-refractivity contribution >= 4 is 21.7 Å². The number of nitrogens with zero attached hydrogens (tertiary/aromatic N) is 1. The number of likely N-dealkylation sites (tertiary alicyclic amines) is 1. The maximum atomic E-state index is 12.9. The second-order valence-corrected chi connectivity index (χ2v) is 7.11. The van der Waals surface area contributed by atoms with E-state index in [1.165, 1.54) is 19.3 Å². The summed E-state index contributed by atoms with van der Waals surface area (Å²) >= 11 is 3.56. The zero-order valence-corrected chi connectivity index (χ0v) is 14.5. The highest BCUT2D eigenvalue weighted by Crippen LogP contribution is 2.36. The van der Waals surface area contributed by atoms with Gasteiger partial charge in [-0.05, 0) is 57.4 Å².